The number of aryl methyl sites for hydroxylation is 2. The monoisotopic (exact) mass is 413 g/mol. The standard InChI is InChI=1S/C26H27N3O2/c1-16-20-12-13-21(26(31)24(20)28-14-8-7-11-22(16)28)25(30)23-17(2)29(18(3)27-23)15-19-9-5-4-6-10-19/h4-11,14,21,25,30H,12-13,15H2,1-3H3. The largest absolute Gasteiger partial charge is 0.386 e. The SMILES string of the molecule is Cc1c2c(n3ccccc13)C(=O)C(C(O)c1nc(C)n(Cc3ccccc3)c1C)CC2. The Kier molecular flexibility index (Phi) is 4.78. The van der Waals surface area contributed by atoms with E-state index >= 15 is 0 Å². The average molecular weight is 414 g/mol. The lowest BCUT2D eigenvalue weighted by molar-refractivity contribution is 0.0617. The predicted molar refractivity (Wildman–Crippen MR) is 120 cm³/mol. The molecule has 0 bridgehead atoms. The van der Waals surface area contributed by atoms with E-state index in [0.29, 0.717) is 18.7 Å². The number of pyridine rings is 1. The van der Waals surface area contributed by atoms with Crippen LogP contribution >= 0.6 is 0 Å². The van der Waals surface area contributed by atoms with E-state index in [1.807, 2.05) is 60.8 Å². The minimum atomic E-state index is -0.911. The van der Waals surface area contributed by atoms with Crippen molar-refractivity contribution in [1.29, 1.82) is 0 Å². The van der Waals surface area contributed by atoms with Crippen molar-refractivity contribution >= 4 is 11.3 Å². The number of ketones is 1. The number of aromatic nitrogens is 3. The van der Waals surface area contributed by atoms with Crippen molar-refractivity contribution in [2.75, 3.05) is 0 Å². The molecule has 2 unspecified atom stereocenters. The Labute approximate surface area is 182 Å². The summed E-state index contributed by atoms with van der Waals surface area (Å²) in [4.78, 5) is 18.2. The molecule has 5 heteroatoms. The molecule has 1 aromatic carbocycles. The van der Waals surface area contributed by atoms with Gasteiger partial charge in [-0.1, -0.05) is 36.4 Å². The summed E-state index contributed by atoms with van der Waals surface area (Å²) in [5, 5.41) is 11.3. The normalized spacial score (nSPS) is 17.2. The van der Waals surface area contributed by atoms with Crippen LogP contribution in [0.3, 0.4) is 0 Å². The second-order valence-electron chi connectivity index (χ2n) is 8.56. The van der Waals surface area contributed by atoms with E-state index in [1.165, 1.54) is 5.56 Å². The summed E-state index contributed by atoms with van der Waals surface area (Å²) in [5.41, 5.74) is 6.78. The van der Waals surface area contributed by atoms with Crippen molar-refractivity contribution in [1.82, 2.24) is 14.0 Å². The fourth-order valence-electron chi connectivity index (χ4n) is 5.07. The summed E-state index contributed by atoms with van der Waals surface area (Å²) < 4.78 is 4.10. The van der Waals surface area contributed by atoms with E-state index in [1.54, 1.807) is 0 Å². The zero-order valence-corrected chi connectivity index (χ0v) is 18.2. The van der Waals surface area contributed by atoms with Crippen LogP contribution in [0.2, 0.25) is 0 Å². The van der Waals surface area contributed by atoms with Crippen molar-refractivity contribution in [2.24, 2.45) is 5.92 Å². The maximum Gasteiger partial charge on any atom is 0.185 e. The van der Waals surface area contributed by atoms with E-state index in [-0.39, 0.29) is 5.78 Å². The topological polar surface area (TPSA) is 59.5 Å². The van der Waals surface area contributed by atoms with Gasteiger partial charge in [0.2, 0.25) is 0 Å². The Balaban J connectivity index is 1.49. The van der Waals surface area contributed by atoms with Crippen molar-refractivity contribution in [3.63, 3.8) is 0 Å². The van der Waals surface area contributed by atoms with Crippen LogP contribution < -0.4 is 0 Å². The zero-order chi connectivity index (χ0) is 21.7. The van der Waals surface area contributed by atoms with E-state index < -0.39 is 12.0 Å². The van der Waals surface area contributed by atoms with Gasteiger partial charge in [0.25, 0.3) is 0 Å². The summed E-state index contributed by atoms with van der Waals surface area (Å²) in [6.45, 7) is 6.72. The van der Waals surface area contributed by atoms with Crippen molar-refractivity contribution in [3.05, 3.63) is 94.3 Å². The molecule has 31 heavy (non-hydrogen) atoms. The molecule has 0 aliphatic heterocycles. The van der Waals surface area contributed by atoms with Crippen LogP contribution in [0.4, 0.5) is 0 Å². The Bertz CT molecular complexity index is 1280. The fourth-order valence-corrected chi connectivity index (χ4v) is 5.07. The third-order valence-electron chi connectivity index (χ3n) is 6.79. The quantitative estimate of drug-likeness (QED) is 0.532. The van der Waals surface area contributed by atoms with E-state index in [9.17, 15) is 9.90 Å². The number of rotatable bonds is 4. The highest BCUT2D eigenvalue weighted by Crippen LogP contribution is 2.38. The number of fused-ring (bicyclic) bond motifs is 3. The third kappa shape index (κ3) is 3.12. The number of nitrogens with zero attached hydrogens (tertiary/aromatic N) is 3. The molecule has 0 fully saturated rings. The van der Waals surface area contributed by atoms with Gasteiger partial charge >= 0.3 is 0 Å². The van der Waals surface area contributed by atoms with Gasteiger partial charge in [-0.2, -0.15) is 0 Å². The van der Waals surface area contributed by atoms with Crippen LogP contribution in [0.25, 0.3) is 5.52 Å². The van der Waals surface area contributed by atoms with Gasteiger partial charge in [0.1, 0.15) is 11.9 Å². The smallest absolute Gasteiger partial charge is 0.185 e. The number of hydrogen-bond acceptors (Lipinski definition) is 3. The molecule has 3 aromatic heterocycles. The third-order valence-corrected chi connectivity index (χ3v) is 6.79. The molecular weight excluding hydrogens is 386 g/mol. The first-order chi connectivity index (χ1) is 15.0. The van der Waals surface area contributed by atoms with Crippen molar-refractivity contribution in [3.8, 4) is 0 Å². The van der Waals surface area contributed by atoms with Crippen LogP contribution in [0.1, 0.15) is 56.9 Å². The molecule has 0 amide bonds. The number of Topliss-reactive ketones (excluding diaryl/α,β-unsaturated/α-hetero) is 1. The molecular formula is C26H27N3O2. The molecule has 0 saturated carbocycles. The molecule has 1 aliphatic rings. The van der Waals surface area contributed by atoms with Gasteiger partial charge in [0.15, 0.2) is 5.78 Å². The Morgan fingerprint density at radius 1 is 1.10 bits per heavy atom. The Morgan fingerprint density at radius 3 is 2.61 bits per heavy atom. The van der Waals surface area contributed by atoms with Gasteiger partial charge in [-0.3, -0.25) is 4.79 Å². The number of hydrogen-bond donors (Lipinski definition) is 1. The van der Waals surface area contributed by atoms with Crippen LogP contribution in [-0.2, 0) is 13.0 Å². The highest BCUT2D eigenvalue weighted by atomic mass is 16.3. The molecule has 158 valence electrons. The molecule has 3 heterocycles. The first-order valence-corrected chi connectivity index (χ1v) is 10.9. The minimum absolute atomic E-state index is 0.0118. The summed E-state index contributed by atoms with van der Waals surface area (Å²) in [5.74, 6) is 0.379. The van der Waals surface area contributed by atoms with E-state index in [0.717, 1.165) is 40.3 Å². The fraction of sp³-hybridized carbons (Fsp3) is 0.308. The molecule has 5 rings (SSSR count). The van der Waals surface area contributed by atoms with Gasteiger partial charge in [-0.25, -0.2) is 4.98 Å². The number of imidazole rings is 1. The van der Waals surface area contributed by atoms with Crippen LogP contribution in [0.15, 0.2) is 54.7 Å². The predicted octanol–water partition coefficient (Wildman–Crippen LogP) is 4.59. The lowest BCUT2D eigenvalue weighted by Crippen LogP contribution is -2.29. The lowest BCUT2D eigenvalue weighted by atomic mass is 9.81. The molecule has 2 atom stereocenters. The number of carbonyl (C=O) groups is 1. The average Bonchev–Trinajstić information content (AvgIpc) is 3.23. The van der Waals surface area contributed by atoms with Crippen LogP contribution in [0.5, 0.6) is 0 Å². The summed E-state index contributed by atoms with van der Waals surface area (Å²) in [7, 11) is 0. The number of benzene rings is 1. The van der Waals surface area contributed by atoms with Crippen LogP contribution in [-0.4, -0.2) is 24.8 Å². The first-order valence-electron chi connectivity index (χ1n) is 10.9. The molecule has 0 radical (unpaired) electrons. The van der Waals surface area contributed by atoms with Gasteiger partial charge < -0.3 is 14.1 Å². The highest BCUT2D eigenvalue weighted by Gasteiger charge is 2.38. The lowest BCUT2D eigenvalue weighted by Gasteiger charge is -2.26. The molecule has 0 spiro atoms. The van der Waals surface area contributed by atoms with Gasteiger partial charge in [-0.05, 0) is 62.4 Å². The highest BCUT2D eigenvalue weighted by molar-refractivity contribution is 6.01. The van der Waals surface area contributed by atoms with E-state index in [2.05, 4.69) is 23.6 Å². The second kappa shape index (κ2) is 7.50. The number of aliphatic hydroxyl groups excluding tert-OH is 1. The molecule has 4 aromatic rings. The Hall–Kier alpha value is -3.18. The first kappa shape index (κ1) is 19.8. The molecule has 1 aliphatic carbocycles. The Morgan fingerprint density at radius 2 is 1.84 bits per heavy atom. The van der Waals surface area contributed by atoms with Crippen LogP contribution in [0, 0.1) is 26.7 Å². The summed E-state index contributed by atoms with van der Waals surface area (Å²) >= 11 is 0. The van der Waals surface area contributed by atoms with Crippen molar-refractivity contribution < 1.29 is 9.90 Å². The summed E-state index contributed by atoms with van der Waals surface area (Å²) in [6.07, 6.45) is 2.46. The van der Waals surface area contributed by atoms with E-state index in [4.69, 9.17) is 4.98 Å². The van der Waals surface area contributed by atoms with Crippen molar-refractivity contribution in [2.45, 2.75) is 46.3 Å². The second-order valence-corrected chi connectivity index (χ2v) is 8.56. The van der Waals surface area contributed by atoms with Gasteiger partial charge in [0.05, 0.1) is 17.3 Å². The molecule has 1 N–H and O–H groups in total. The van der Waals surface area contributed by atoms with Gasteiger partial charge in [0, 0.05) is 24.0 Å². The summed E-state index contributed by atoms with van der Waals surface area (Å²) in [6, 6.07) is 16.2. The molecule has 5 nitrogen and oxygen atoms in total. The number of aliphatic hydroxyl groups is 1. The maximum atomic E-state index is 13.5. The van der Waals surface area contributed by atoms with Gasteiger partial charge in [-0.15, -0.1) is 0 Å². The molecule has 0 saturated heterocycles. The number of carbonyl (C=O) groups excluding carboxylic acids is 1. The minimum Gasteiger partial charge on any atom is -0.386 e. The maximum absolute atomic E-state index is 13.5. The zero-order valence-electron chi connectivity index (χ0n) is 18.2.